The molecule has 0 N–H and O–H groups in total. The van der Waals surface area contributed by atoms with Gasteiger partial charge in [0.05, 0.1) is 5.56 Å². The highest BCUT2D eigenvalue weighted by Crippen LogP contribution is 2.27. The van der Waals surface area contributed by atoms with Crippen LogP contribution in [0, 0.1) is 11.7 Å². The molecule has 1 fully saturated rings. The molecule has 1 aromatic heterocycles. The second-order valence-corrected chi connectivity index (χ2v) is 6.78. The van der Waals surface area contributed by atoms with Gasteiger partial charge in [-0.1, -0.05) is 25.1 Å². The Morgan fingerprint density at radius 1 is 1.25 bits per heavy atom. The summed E-state index contributed by atoms with van der Waals surface area (Å²) in [6, 6.07) is 12.6. The van der Waals surface area contributed by atoms with E-state index in [0.717, 1.165) is 31.1 Å². The Morgan fingerprint density at radius 2 is 2.12 bits per heavy atom. The predicted octanol–water partition coefficient (Wildman–Crippen LogP) is 4.87. The number of benzene rings is 2. The molecule has 24 heavy (non-hydrogen) atoms. The molecule has 1 aliphatic heterocycles. The van der Waals surface area contributed by atoms with Crippen molar-refractivity contribution in [3.8, 4) is 11.5 Å². The van der Waals surface area contributed by atoms with Crippen LogP contribution in [0.15, 0.2) is 46.9 Å². The fraction of sp³-hybridized carbons (Fsp3) is 0.350. The van der Waals surface area contributed by atoms with E-state index in [1.165, 1.54) is 24.5 Å². The summed E-state index contributed by atoms with van der Waals surface area (Å²) in [4.78, 5) is 6.98. The number of piperidine rings is 1. The van der Waals surface area contributed by atoms with Gasteiger partial charge in [-0.2, -0.15) is 0 Å². The van der Waals surface area contributed by atoms with Crippen molar-refractivity contribution >= 4 is 11.1 Å². The minimum Gasteiger partial charge on any atom is -0.436 e. The molecule has 1 saturated heterocycles. The van der Waals surface area contributed by atoms with Crippen LogP contribution in [0.25, 0.3) is 22.6 Å². The number of halogens is 1. The van der Waals surface area contributed by atoms with Gasteiger partial charge in [0.1, 0.15) is 11.3 Å². The van der Waals surface area contributed by atoms with Crippen molar-refractivity contribution in [1.29, 1.82) is 0 Å². The van der Waals surface area contributed by atoms with E-state index in [1.807, 2.05) is 6.07 Å². The van der Waals surface area contributed by atoms with Gasteiger partial charge < -0.3 is 4.42 Å². The average Bonchev–Trinajstić information content (AvgIpc) is 2.98. The summed E-state index contributed by atoms with van der Waals surface area (Å²) in [7, 11) is 0. The zero-order chi connectivity index (χ0) is 16.5. The molecule has 0 bridgehead atoms. The van der Waals surface area contributed by atoms with Crippen LogP contribution in [0.2, 0.25) is 0 Å². The van der Waals surface area contributed by atoms with Gasteiger partial charge in [0.15, 0.2) is 5.58 Å². The van der Waals surface area contributed by atoms with E-state index in [0.29, 0.717) is 17.0 Å². The first-order valence-electron chi connectivity index (χ1n) is 8.56. The lowest BCUT2D eigenvalue weighted by molar-refractivity contribution is 0.176. The molecule has 0 radical (unpaired) electrons. The molecule has 124 valence electrons. The molecule has 1 aliphatic rings. The zero-order valence-electron chi connectivity index (χ0n) is 13.8. The van der Waals surface area contributed by atoms with Crippen LogP contribution in [0.3, 0.4) is 0 Å². The highest BCUT2D eigenvalue weighted by molar-refractivity contribution is 5.77. The Morgan fingerprint density at radius 3 is 2.96 bits per heavy atom. The number of rotatable bonds is 3. The Balaban J connectivity index is 1.60. The monoisotopic (exact) mass is 324 g/mol. The van der Waals surface area contributed by atoms with Crippen molar-refractivity contribution in [2.45, 2.75) is 26.3 Å². The van der Waals surface area contributed by atoms with E-state index >= 15 is 0 Å². The molecule has 4 heteroatoms. The maximum absolute atomic E-state index is 13.9. The van der Waals surface area contributed by atoms with Gasteiger partial charge in [-0.05, 0) is 55.1 Å². The van der Waals surface area contributed by atoms with E-state index in [4.69, 9.17) is 4.42 Å². The lowest BCUT2D eigenvalue weighted by Crippen LogP contribution is -2.33. The summed E-state index contributed by atoms with van der Waals surface area (Å²) >= 11 is 0. The molecule has 2 heterocycles. The number of fused-ring (bicyclic) bond motifs is 1. The fourth-order valence-corrected chi connectivity index (χ4v) is 3.51. The summed E-state index contributed by atoms with van der Waals surface area (Å²) in [6.07, 6.45) is 2.59. The van der Waals surface area contributed by atoms with Gasteiger partial charge in [-0.3, -0.25) is 4.90 Å². The van der Waals surface area contributed by atoms with Crippen molar-refractivity contribution in [1.82, 2.24) is 9.88 Å². The minimum atomic E-state index is -0.313. The van der Waals surface area contributed by atoms with Crippen molar-refractivity contribution in [2.75, 3.05) is 13.1 Å². The first-order chi connectivity index (χ1) is 11.7. The van der Waals surface area contributed by atoms with Gasteiger partial charge in [-0.15, -0.1) is 0 Å². The van der Waals surface area contributed by atoms with E-state index in [1.54, 1.807) is 18.2 Å². The number of nitrogens with zero attached hydrogens (tertiary/aromatic N) is 2. The van der Waals surface area contributed by atoms with Gasteiger partial charge in [0, 0.05) is 13.1 Å². The van der Waals surface area contributed by atoms with Crippen LogP contribution < -0.4 is 0 Å². The maximum Gasteiger partial charge on any atom is 0.230 e. The largest absolute Gasteiger partial charge is 0.436 e. The fourth-order valence-electron chi connectivity index (χ4n) is 3.51. The lowest BCUT2D eigenvalue weighted by Gasteiger charge is -2.30. The van der Waals surface area contributed by atoms with Crippen LogP contribution in [-0.4, -0.2) is 23.0 Å². The molecule has 0 spiro atoms. The normalized spacial score (nSPS) is 19.0. The summed E-state index contributed by atoms with van der Waals surface area (Å²) < 4.78 is 19.7. The summed E-state index contributed by atoms with van der Waals surface area (Å²) in [5, 5.41) is 0. The molecule has 1 unspecified atom stereocenters. The van der Waals surface area contributed by atoms with Crippen LogP contribution >= 0.6 is 0 Å². The summed E-state index contributed by atoms with van der Waals surface area (Å²) in [6.45, 7) is 5.55. The van der Waals surface area contributed by atoms with Gasteiger partial charge in [-0.25, -0.2) is 9.37 Å². The van der Waals surface area contributed by atoms with E-state index in [-0.39, 0.29) is 5.82 Å². The Bertz CT molecular complexity index is 858. The molecule has 3 nitrogen and oxygen atoms in total. The lowest BCUT2D eigenvalue weighted by atomic mass is 10.00. The molecule has 3 aromatic rings. The van der Waals surface area contributed by atoms with Crippen LogP contribution in [-0.2, 0) is 6.54 Å². The molecule has 1 atom stereocenters. The first kappa shape index (κ1) is 15.3. The number of likely N-dealkylation sites (tertiary alicyclic amines) is 1. The molecular weight excluding hydrogens is 303 g/mol. The van der Waals surface area contributed by atoms with Crippen molar-refractivity contribution in [3.63, 3.8) is 0 Å². The number of oxazole rings is 1. The van der Waals surface area contributed by atoms with Gasteiger partial charge >= 0.3 is 0 Å². The molecule has 0 amide bonds. The average molecular weight is 324 g/mol. The van der Waals surface area contributed by atoms with E-state index in [9.17, 15) is 4.39 Å². The second kappa shape index (κ2) is 6.36. The number of hydrogen-bond acceptors (Lipinski definition) is 3. The Hall–Kier alpha value is -2.20. The number of aromatic nitrogens is 1. The third-order valence-electron chi connectivity index (χ3n) is 4.70. The molecular formula is C20H21FN2O. The molecule has 4 rings (SSSR count). The standard InChI is InChI=1S/C20H21FN2O/c1-14-5-4-10-23(12-14)13-15-8-9-19-18(11-15)22-20(24-19)16-6-2-3-7-17(16)21/h2-3,6-9,11,14H,4-5,10,12-13H2,1H3. The smallest absolute Gasteiger partial charge is 0.230 e. The maximum atomic E-state index is 13.9. The van der Waals surface area contributed by atoms with Crippen molar-refractivity contribution in [3.05, 3.63) is 53.8 Å². The van der Waals surface area contributed by atoms with E-state index in [2.05, 4.69) is 28.9 Å². The van der Waals surface area contributed by atoms with Crippen LogP contribution in [0.5, 0.6) is 0 Å². The Labute approximate surface area is 141 Å². The Kier molecular flexibility index (Phi) is 4.07. The van der Waals surface area contributed by atoms with Crippen molar-refractivity contribution < 1.29 is 8.81 Å². The third kappa shape index (κ3) is 3.06. The van der Waals surface area contributed by atoms with Crippen LogP contribution in [0.4, 0.5) is 4.39 Å². The minimum absolute atomic E-state index is 0.313. The summed E-state index contributed by atoms with van der Waals surface area (Å²) in [5.41, 5.74) is 3.12. The third-order valence-corrected chi connectivity index (χ3v) is 4.70. The molecule has 2 aromatic carbocycles. The molecule has 0 aliphatic carbocycles. The molecule has 0 saturated carbocycles. The highest BCUT2D eigenvalue weighted by atomic mass is 19.1. The first-order valence-corrected chi connectivity index (χ1v) is 8.56. The topological polar surface area (TPSA) is 29.3 Å². The zero-order valence-corrected chi connectivity index (χ0v) is 13.8. The second-order valence-electron chi connectivity index (χ2n) is 6.78. The van der Waals surface area contributed by atoms with E-state index < -0.39 is 0 Å². The van der Waals surface area contributed by atoms with Gasteiger partial charge in [0.2, 0.25) is 5.89 Å². The SMILES string of the molecule is CC1CCCN(Cc2ccc3oc(-c4ccccc4F)nc3c2)C1. The summed E-state index contributed by atoms with van der Waals surface area (Å²) in [5.74, 6) is 0.792. The number of hydrogen-bond donors (Lipinski definition) is 0. The van der Waals surface area contributed by atoms with Crippen molar-refractivity contribution in [2.24, 2.45) is 5.92 Å². The quantitative estimate of drug-likeness (QED) is 0.688. The van der Waals surface area contributed by atoms with Crippen LogP contribution in [0.1, 0.15) is 25.3 Å². The predicted molar refractivity (Wildman–Crippen MR) is 93.1 cm³/mol. The van der Waals surface area contributed by atoms with Gasteiger partial charge in [0.25, 0.3) is 0 Å². The highest BCUT2D eigenvalue weighted by Gasteiger charge is 2.17.